The van der Waals surface area contributed by atoms with E-state index >= 15 is 0 Å². The summed E-state index contributed by atoms with van der Waals surface area (Å²) >= 11 is 13.7. The van der Waals surface area contributed by atoms with Crippen LogP contribution in [0.15, 0.2) is 142 Å². The quantitative estimate of drug-likeness (QED) is 0.0821. The van der Waals surface area contributed by atoms with Gasteiger partial charge in [-0.1, -0.05) is 198 Å². The number of rotatable bonds is 8. The Morgan fingerprint density at radius 3 is 0.896 bits per heavy atom. The number of hydrogen-bond acceptors (Lipinski definition) is 2. The summed E-state index contributed by atoms with van der Waals surface area (Å²) in [5.41, 5.74) is 0. The summed E-state index contributed by atoms with van der Waals surface area (Å²) < 4.78 is 0. The Morgan fingerprint density at radius 1 is 0.479 bits per heavy atom. The molecule has 4 aromatic rings. The van der Waals surface area contributed by atoms with Crippen molar-refractivity contribution in [2.75, 3.05) is 0 Å². The minimum atomic E-state index is -3.05. The molecular weight excluding hydrogens is 664 g/mol. The van der Waals surface area contributed by atoms with Gasteiger partial charge in [0.05, 0.1) is 10.1 Å². The molecule has 0 aromatic heterocycles. The van der Waals surface area contributed by atoms with E-state index in [2.05, 4.69) is 114 Å². The first kappa shape index (κ1) is 36.7. The second-order valence-electron chi connectivity index (χ2n) is 13.6. The molecule has 0 bridgehead atoms. The molecule has 6 heteroatoms. The van der Waals surface area contributed by atoms with Gasteiger partial charge in [-0.15, -0.1) is 0 Å². The van der Waals surface area contributed by atoms with E-state index in [-0.39, 0.29) is 20.1 Å². The maximum atomic E-state index is 12.5. The van der Waals surface area contributed by atoms with Gasteiger partial charge >= 0.3 is 0 Å². The zero-order chi connectivity index (χ0) is 35.0. The highest BCUT2D eigenvalue weighted by Gasteiger charge is 2.52. The number of carbonyl (C=O) groups excluding carboxylic acids is 2. The van der Waals surface area contributed by atoms with Crippen molar-refractivity contribution in [1.29, 1.82) is 0 Å². The van der Waals surface area contributed by atoms with Crippen LogP contribution in [0.3, 0.4) is 0 Å². The summed E-state index contributed by atoms with van der Waals surface area (Å²) in [6, 6.07) is 40.8. The molecule has 2 nitrogen and oxygen atoms in total. The van der Waals surface area contributed by atoms with E-state index < -0.39 is 16.1 Å². The highest BCUT2D eigenvalue weighted by Crippen LogP contribution is 2.43. The SMILES string of the molecule is CC(C)(C)[Si](/C(C#CC#C/C(=C(\Cl)C=O)[Si](c1ccccc1)(c1ccccc1)C(C)(C)C)=C(/Cl)C=O)(c1ccccc1)c1ccccc1. The number of benzene rings is 4. The number of hydrogen-bond donors (Lipinski definition) is 0. The maximum absolute atomic E-state index is 12.5. The van der Waals surface area contributed by atoms with Crippen LogP contribution < -0.4 is 20.7 Å². The lowest BCUT2D eigenvalue weighted by Gasteiger charge is -2.44. The van der Waals surface area contributed by atoms with Crippen LogP contribution in [-0.4, -0.2) is 28.7 Å². The maximum Gasteiger partial charge on any atom is 0.166 e. The molecule has 0 unspecified atom stereocenters. The Bertz CT molecular complexity index is 1710. The molecule has 0 saturated heterocycles. The number of carbonyl (C=O) groups is 2. The Morgan fingerprint density at radius 2 is 0.708 bits per heavy atom. The molecule has 0 amide bonds. The van der Waals surface area contributed by atoms with Crippen molar-refractivity contribution in [1.82, 2.24) is 0 Å². The fourth-order valence-corrected chi connectivity index (χ4v) is 19.0. The van der Waals surface area contributed by atoms with Crippen molar-refractivity contribution in [3.63, 3.8) is 0 Å². The van der Waals surface area contributed by atoms with Crippen LogP contribution in [0.25, 0.3) is 0 Å². The average Bonchev–Trinajstić information content (AvgIpc) is 3.09. The second kappa shape index (κ2) is 15.4. The number of aldehydes is 2. The zero-order valence-electron chi connectivity index (χ0n) is 28.3. The van der Waals surface area contributed by atoms with Crippen molar-refractivity contribution in [3.8, 4) is 23.7 Å². The molecule has 0 atom stereocenters. The van der Waals surface area contributed by atoms with E-state index in [4.69, 9.17) is 23.2 Å². The van der Waals surface area contributed by atoms with Gasteiger partial charge in [-0.25, -0.2) is 0 Å². The van der Waals surface area contributed by atoms with Gasteiger partial charge in [0.15, 0.2) is 28.7 Å². The summed E-state index contributed by atoms with van der Waals surface area (Å²) in [6.07, 6.45) is 1.35. The van der Waals surface area contributed by atoms with Crippen LogP contribution >= 0.6 is 23.2 Å². The first-order valence-electron chi connectivity index (χ1n) is 15.8. The van der Waals surface area contributed by atoms with Gasteiger partial charge in [0.1, 0.15) is 0 Å². The van der Waals surface area contributed by atoms with E-state index in [0.717, 1.165) is 20.7 Å². The lowest BCUT2D eigenvalue weighted by molar-refractivity contribution is -0.105. The van der Waals surface area contributed by atoms with Crippen molar-refractivity contribution in [2.45, 2.75) is 51.6 Å². The molecule has 0 radical (unpaired) electrons. The average molecular weight is 704 g/mol. The van der Waals surface area contributed by atoms with Crippen molar-refractivity contribution < 1.29 is 9.59 Å². The Kier molecular flexibility index (Phi) is 11.7. The highest BCUT2D eigenvalue weighted by atomic mass is 35.5. The Labute approximate surface area is 297 Å². The summed E-state index contributed by atoms with van der Waals surface area (Å²) in [5.74, 6) is 12.8. The first-order valence-corrected chi connectivity index (χ1v) is 20.6. The lowest BCUT2D eigenvalue weighted by Crippen LogP contribution is -2.66. The normalized spacial score (nSPS) is 13.1. The smallest absolute Gasteiger partial charge is 0.166 e. The molecule has 242 valence electrons. The molecule has 0 N–H and O–H groups in total. The van der Waals surface area contributed by atoms with Crippen LogP contribution in [-0.2, 0) is 9.59 Å². The van der Waals surface area contributed by atoms with Crippen LogP contribution in [0.5, 0.6) is 0 Å². The van der Waals surface area contributed by atoms with E-state index in [1.165, 1.54) is 0 Å². The van der Waals surface area contributed by atoms with E-state index in [0.29, 0.717) is 23.0 Å². The molecule has 0 aliphatic heterocycles. The summed E-state index contributed by atoms with van der Waals surface area (Å²) in [4.78, 5) is 25.0. The van der Waals surface area contributed by atoms with Gasteiger partial charge in [0.2, 0.25) is 0 Å². The van der Waals surface area contributed by atoms with Gasteiger partial charge in [-0.2, -0.15) is 0 Å². The fourth-order valence-electron chi connectivity index (χ4n) is 7.12. The van der Waals surface area contributed by atoms with Crippen LogP contribution in [0.1, 0.15) is 41.5 Å². The standard InChI is InChI=1S/C42H40Cl2O2Si2/c1-41(2,3)47(33-21-11-7-12-22-33,34-23-13-8-14-24-34)39(37(43)31-45)29-19-20-30-40(38(44)32-46)48(42(4,5)6,35-25-15-9-16-26-35)36-27-17-10-18-28-36/h7-18,21-28,31-32H,1-6H3/b39-37+,40-38+. The zero-order valence-corrected chi connectivity index (χ0v) is 31.8. The Balaban J connectivity index is 2.07. The number of halogens is 2. The third kappa shape index (κ3) is 6.86. The number of allylic oxidation sites excluding steroid dienone is 4. The van der Waals surface area contributed by atoms with Crippen LogP contribution in [0.2, 0.25) is 10.1 Å². The van der Waals surface area contributed by atoms with E-state index in [9.17, 15) is 9.59 Å². The topological polar surface area (TPSA) is 34.1 Å². The third-order valence-electron chi connectivity index (χ3n) is 8.95. The minimum Gasteiger partial charge on any atom is -0.297 e. The predicted octanol–water partition coefficient (Wildman–Crippen LogP) is 7.58. The van der Waals surface area contributed by atoms with Crippen molar-refractivity contribution in [2.24, 2.45) is 0 Å². The van der Waals surface area contributed by atoms with Gasteiger partial charge < -0.3 is 0 Å². The fraction of sp³-hybridized carbons (Fsp3) is 0.190. The lowest BCUT2D eigenvalue weighted by atomic mass is 10.2. The summed E-state index contributed by atoms with van der Waals surface area (Å²) in [7, 11) is -6.10. The Hall–Kier alpha value is -4.17. The molecule has 0 heterocycles. The van der Waals surface area contributed by atoms with Crippen LogP contribution in [0, 0.1) is 23.7 Å². The molecule has 0 aliphatic carbocycles. The van der Waals surface area contributed by atoms with Gasteiger partial charge in [0.25, 0.3) is 0 Å². The monoisotopic (exact) mass is 702 g/mol. The van der Waals surface area contributed by atoms with Gasteiger partial charge in [-0.3, -0.25) is 9.59 Å². The molecule has 0 aliphatic rings. The second-order valence-corrected chi connectivity index (χ2v) is 23.8. The van der Waals surface area contributed by atoms with Crippen molar-refractivity contribution in [3.05, 3.63) is 142 Å². The molecule has 0 fully saturated rings. The van der Waals surface area contributed by atoms with Crippen LogP contribution in [0.4, 0.5) is 0 Å². The molecule has 48 heavy (non-hydrogen) atoms. The largest absolute Gasteiger partial charge is 0.297 e. The summed E-state index contributed by atoms with van der Waals surface area (Å²) in [6.45, 7) is 13.1. The molecule has 4 aromatic carbocycles. The summed E-state index contributed by atoms with van der Waals surface area (Å²) in [5, 5.41) is 4.91. The third-order valence-corrected chi connectivity index (χ3v) is 21.4. The van der Waals surface area contributed by atoms with E-state index in [1.54, 1.807) is 0 Å². The van der Waals surface area contributed by atoms with Gasteiger partial charge in [0, 0.05) is 10.4 Å². The highest BCUT2D eigenvalue weighted by molar-refractivity contribution is 7.11. The minimum absolute atomic E-state index is 0.0623. The molecule has 4 rings (SSSR count). The predicted molar refractivity (Wildman–Crippen MR) is 209 cm³/mol. The molecule has 0 saturated carbocycles. The first-order chi connectivity index (χ1) is 22.9. The van der Waals surface area contributed by atoms with Crippen molar-refractivity contribution >= 4 is 72.7 Å². The van der Waals surface area contributed by atoms with E-state index in [1.807, 2.05) is 72.8 Å². The van der Waals surface area contributed by atoms with Gasteiger partial charge in [-0.05, 0) is 42.7 Å². The molecular formula is C42H40Cl2O2Si2. The molecule has 0 spiro atoms.